The molecule has 0 aliphatic rings. The van der Waals surface area contributed by atoms with Crippen LogP contribution in [0.15, 0.2) is 6.20 Å². The van der Waals surface area contributed by atoms with E-state index < -0.39 is 10.8 Å². The van der Waals surface area contributed by atoms with E-state index >= 15 is 0 Å². The summed E-state index contributed by atoms with van der Waals surface area (Å²) in [5.41, 5.74) is 0. The Morgan fingerprint density at radius 1 is 1.67 bits per heavy atom. The van der Waals surface area contributed by atoms with Gasteiger partial charge in [-0.05, 0) is 13.3 Å². The van der Waals surface area contributed by atoms with E-state index in [0.29, 0.717) is 0 Å². The normalized spacial score (nSPS) is 15.1. The van der Waals surface area contributed by atoms with E-state index in [4.69, 9.17) is 0 Å². The fraction of sp³-hybridized carbons (Fsp3) is 0.700. The quantitative estimate of drug-likeness (QED) is 0.828. The summed E-state index contributed by atoms with van der Waals surface area (Å²) in [6, 6.07) is 0. The monoisotopic (exact) mass is 246 g/mol. The fourth-order valence-electron chi connectivity index (χ4n) is 1.11. The minimum absolute atomic E-state index is 0.212. The molecule has 0 aromatic carbocycles. The Balaban J connectivity index is 2.28. The Hall–Kier alpha value is -0.260. The molecule has 1 rings (SSSR count). The predicted molar refractivity (Wildman–Crippen MR) is 66.7 cm³/mol. The maximum atomic E-state index is 11.1. The minimum Gasteiger partial charge on any atom is -0.311 e. The molecule has 1 N–H and O–H groups in total. The largest absolute Gasteiger partial charge is 0.311 e. The topological polar surface area (TPSA) is 42.0 Å². The lowest BCUT2D eigenvalue weighted by atomic mass is 10.4. The van der Waals surface area contributed by atoms with Crippen molar-refractivity contribution in [1.82, 2.24) is 10.3 Å². The number of hydrogen-bond acceptors (Lipinski definition) is 4. The van der Waals surface area contributed by atoms with Gasteiger partial charge in [0.25, 0.3) is 0 Å². The van der Waals surface area contributed by atoms with Crippen LogP contribution in [0.1, 0.15) is 23.7 Å². The van der Waals surface area contributed by atoms with Crippen LogP contribution in [0.5, 0.6) is 0 Å². The lowest BCUT2D eigenvalue weighted by Gasteiger charge is -2.08. The summed E-state index contributed by atoms with van der Waals surface area (Å²) in [7, 11) is -0.739. The molecule has 0 fully saturated rings. The van der Waals surface area contributed by atoms with Crippen LogP contribution >= 0.6 is 11.3 Å². The molecule has 3 nitrogen and oxygen atoms in total. The summed E-state index contributed by atoms with van der Waals surface area (Å²) >= 11 is 1.74. The van der Waals surface area contributed by atoms with E-state index in [1.54, 1.807) is 17.6 Å². The van der Waals surface area contributed by atoms with E-state index in [9.17, 15) is 4.21 Å². The number of rotatable bonds is 6. The molecular formula is C10H18N2OS2. The van der Waals surface area contributed by atoms with Crippen LogP contribution < -0.4 is 5.32 Å². The number of aryl methyl sites for hydroxylation is 1. The Bertz CT molecular complexity index is 325. The molecule has 0 saturated carbocycles. The number of nitrogens with zero attached hydrogens (tertiary/aromatic N) is 1. The van der Waals surface area contributed by atoms with Gasteiger partial charge in [-0.15, -0.1) is 11.3 Å². The Labute approximate surface area is 97.8 Å². The Kier molecular flexibility index (Phi) is 5.42. The maximum absolute atomic E-state index is 11.1. The van der Waals surface area contributed by atoms with Crippen molar-refractivity contribution in [3.63, 3.8) is 0 Å². The first-order chi connectivity index (χ1) is 7.13. The second-order valence-electron chi connectivity index (χ2n) is 3.51. The van der Waals surface area contributed by atoms with Gasteiger partial charge in [-0.3, -0.25) is 4.21 Å². The average molecular weight is 246 g/mol. The highest BCUT2D eigenvalue weighted by molar-refractivity contribution is 7.84. The highest BCUT2D eigenvalue weighted by Crippen LogP contribution is 2.12. The zero-order chi connectivity index (χ0) is 11.3. The van der Waals surface area contributed by atoms with Crippen molar-refractivity contribution in [2.45, 2.75) is 32.1 Å². The van der Waals surface area contributed by atoms with Gasteiger partial charge in [0.1, 0.15) is 0 Å². The smallest absolute Gasteiger partial charge is 0.0925 e. The molecule has 5 heteroatoms. The highest BCUT2D eigenvalue weighted by Gasteiger charge is 2.05. The molecule has 15 heavy (non-hydrogen) atoms. The van der Waals surface area contributed by atoms with Crippen molar-refractivity contribution < 1.29 is 4.21 Å². The third-order valence-electron chi connectivity index (χ3n) is 2.20. The predicted octanol–water partition coefficient (Wildman–Crippen LogP) is 1.56. The lowest BCUT2D eigenvalue weighted by molar-refractivity contribution is 0.649. The second-order valence-corrected chi connectivity index (χ2v) is 6.52. The number of thiazole rings is 1. The second kappa shape index (κ2) is 6.35. The maximum Gasteiger partial charge on any atom is 0.0925 e. The summed E-state index contributed by atoms with van der Waals surface area (Å²) in [5.74, 6) is 0. The van der Waals surface area contributed by atoms with Crippen molar-refractivity contribution >= 4 is 22.1 Å². The van der Waals surface area contributed by atoms with Crippen molar-refractivity contribution in [3.8, 4) is 0 Å². The van der Waals surface area contributed by atoms with Crippen LogP contribution in [-0.2, 0) is 23.8 Å². The molecular weight excluding hydrogens is 228 g/mol. The van der Waals surface area contributed by atoms with Crippen LogP contribution in [0.25, 0.3) is 0 Å². The van der Waals surface area contributed by atoms with Gasteiger partial charge in [0.15, 0.2) is 0 Å². The molecule has 1 aromatic heterocycles. The van der Waals surface area contributed by atoms with Crippen molar-refractivity contribution in [2.24, 2.45) is 0 Å². The summed E-state index contributed by atoms with van der Waals surface area (Å²) < 4.78 is 11.1. The Morgan fingerprint density at radius 2 is 2.40 bits per heavy atom. The van der Waals surface area contributed by atoms with Crippen LogP contribution in [0.3, 0.4) is 0 Å². The lowest BCUT2D eigenvalue weighted by Crippen LogP contribution is -2.26. The fourth-order valence-corrected chi connectivity index (χ4v) is 2.29. The van der Waals surface area contributed by atoms with Crippen LogP contribution in [0, 0.1) is 0 Å². The minimum atomic E-state index is -0.739. The molecule has 0 bridgehead atoms. The van der Waals surface area contributed by atoms with Gasteiger partial charge in [-0.25, -0.2) is 4.98 Å². The van der Waals surface area contributed by atoms with Crippen molar-refractivity contribution in [1.29, 1.82) is 0 Å². The third kappa shape index (κ3) is 4.40. The number of nitrogens with one attached hydrogen (secondary N) is 1. The van der Waals surface area contributed by atoms with Gasteiger partial charge < -0.3 is 5.32 Å². The van der Waals surface area contributed by atoms with Gasteiger partial charge >= 0.3 is 0 Å². The van der Waals surface area contributed by atoms with E-state index in [1.165, 1.54) is 9.88 Å². The first-order valence-electron chi connectivity index (χ1n) is 5.10. The van der Waals surface area contributed by atoms with E-state index in [-0.39, 0.29) is 5.25 Å². The first kappa shape index (κ1) is 12.8. The molecule has 2 unspecified atom stereocenters. The molecule has 1 aromatic rings. The van der Waals surface area contributed by atoms with Crippen LogP contribution in [0.4, 0.5) is 0 Å². The number of aromatic nitrogens is 1. The molecule has 1 heterocycles. The standard InChI is InChI=1S/C10H18N2OS2/c1-4-10-12-7-9(14-10)6-11-5-8(2)15(3)13/h7-8,11H,4-6H2,1-3H3. The molecule has 0 aliphatic carbocycles. The first-order valence-corrected chi connectivity index (χ1v) is 7.53. The van der Waals surface area contributed by atoms with Crippen LogP contribution in [-0.4, -0.2) is 27.2 Å². The van der Waals surface area contributed by atoms with E-state index in [1.807, 2.05) is 13.1 Å². The van der Waals surface area contributed by atoms with Crippen LogP contribution in [0.2, 0.25) is 0 Å². The van der Waals surface area contributed by atoms with Crippen molar-refractivity contribution in [3.05, 3.63) is 16.1 Å². The SMILES string of the molecule is CCc1ncc(CNCC(C)S(C)=O)s1. The van der Waals surface area contributed by atoms with Gasteiger partial charge in [-0.1, -0.05) is 6.92 Å². The summed E-state index contributed by atoms with van der Waals surface area (Å²) in [6.45, 7) is 5.73. The van der Waals surface area contributed by atoms with Crippen molar-refractivity contribution in [2.75, 3.05) is 12.8 Å². The van der Waals surface area contributed by atoms with E-state index in [0.717, 1.165) is 19.5 Å². The third-order valence-corrected chi connectivity index (χ3v) is 4.64. The molecule has 2 atom stereocenters. The zero-order valence-electron chi connectivity index (χ0n) is 9.45. The molecule has 86 valence electrons. The zero-order valence-corrected chi connectivity index (χ0v) is 11.1. The summed E-state index contributed by atoms with van der Waals surface area (Å²) in [6.07, 6.45) is 4.67. The average Bonchev–Trinajstić information content (AvgIpc) is 2.65. The summed E-state index contributed by atoms with van der Waals surface area (Å²) in [4.78, 5) is 5.54. The molecule has 0 amide bonds. The van der Waals surface area contributed by atoms with Gasteiger partial charge in [0.05, 0.1) is 5.01 Å². The summed E-state index contributed by atoms with van der Waals surface area (Å²) in [5, 5.41) is 4.69. The molecule has 0 radical (unpaired) electrons. The van der Waals surface area contributed by atoms with Gasteiger partial charge in [0, 0.05) is 46.5 Å². The van der Waals surface area contributed by atoms with Gasteiger partial charge in [0.2, 0.25) is 0 Å². The highest BCUT2D eigenvalue weighted by atomic mass is 32.2. The molecule has 0 saturated heterocycles. The number of hydrogen-bond donors (Lipinski definition) is 1. The Morgan fingerprint density at radius 3 is 2.93 bits per heavy atom. The molecule has 0 spiro atoms. The van der Waals surface area contributed by atoms with E-state index in [2.05, 4.69) is 17.2 Å². The van der Waals surface area contributed by atoms with Gasteiger partial charge in [-0.2, -0.15) is 0 Å². The molecule has 0 aliphatic heterocycles.